The summed E-state index contributed by atoms with van der Waals surface area (Å²) >= 11 is 5.24. The van der Waals surface area contributed by atoms with Gasteiger partial charge >= 0.3 is 6.18 Å². The van der Waals surface area contributed by atoms with E-state index in [0.29, 0.717) is 11.1 Å². The van der Waals surface area contributed by atoms with Gasteiger partial charge in [-0.05, 0) is 38.5 Å². The molecule has 0 bridgehead atoms. The van der Waals surface area contributed by atoms with Crippen LogP contribution < -0.4 is 0 Å². The van der Waals surface area contributed by atoms with Crippen LogP contribution in [0.5, 0.6) is 0 Å². The second-order valence-electron chi connectivity index (χ2n) is 5.08. The molecule has 0 fully saturated rings. The standard InChI is InChI=1S/C15H14ClF3/c1-14(2,3)9-8-11-6-4-5-7-12(11)10-13(16)15(17,18)19/h4-7,10H,1-3H3/b13-10-. The van der Waals surface area contributed by atoms with Crippen molar-refractivity contribution < 1.29 is 13.2 Å². The van der Waals surface area contributed by atoms with Crippen molar-refractivity contribution >= 4 is 17.7 Å². The van der Waals surface area contributed by atoms with E-state index in [9.17, 15) is 13.2 Å². The molecule has 0 amide bonds. The third-order valence-corrected chi connectivity index (χ3v) is 2.41. The fraction of sp³-hybridized carbons (Fsp3) is 0.333. The molecule has 1 rings (SSSR count). The lowest BCUT2D eigenvalue weighted by molar-refractivity contribution is -0.0836. The van der Waals surface area contributed by atoms with Gasteiger partial charge in [-0.2, -0.15) is 13.2 Å². The van der Waals surface area contributed by atoms with E-state index in [4.69, 9.17) is 11.6 Å². The molecule has 0 nitrogen and oxygen atoms in total. The lowest BCUT2D eigenvalue weighted by atomic mass is 9.96. The summed E-state index contributed by atoms with van der Waals surface area (Å²) in [5, 5.41) is -1.16. The average Bonchev–Trinajstić information content (AvgIpc) is 2.25. The van der Waals surface area contributed by atoms with Gasteiger partial charge in [-0.15, -0.1) is 0 Å². The van der Waals surface area contributed by atoms with E-state index in [-0.39, 0.29) is 5.41 Å². The Morgan fingerprint density at radius 1 is 1.16 bits per heavy atom. The van der Waals surface area contributed by atoms with Crippen molar-refractivity contribution in [1.82, 2.24) is 0 Å². The van der Waals surface area contributed by atoms with Gasteiger partial charge in [0, 0.05) is 11.0 Å². The van der Waals surface area contributed by atoms with Crippen LogP contribution in [-0.2, 0) is 0 Å². The molecule has 0 radical (unpaired) electrons. The largest absolute Gasteiger partial charge is 0.426 e. The summed E-state index contributed by atoms with van der Waals surface area (Å²) in [5.41, 5.74) is 0.673. The number of rotatable bonds is 1. The predicted octanol–water partition coefficient (Wildman–Crippen LogP) is 5.23. The molecule has 0 unspecified atom stereocenters. The van der Waals surface area contributed by atoms with Crippen LogP contribution in [0.3, 0.4) is 0 Å². The van der Waals surface area contributed by atoms with Crippen molar-refractivity contribution in [1.29, 1.82) is 0 Å². The molecule has 4 heteroatoms. The summed E-state index contributed by atoms with van der Waals surface area (Å²) in [7, 11) is 0. The minimum Gasteiger partial charge on any atom is -0.165 e. The summed E-state index contributed by atoms with van der Waals surface area (Å²) in [4.78, 5) is 0. The molecule has 1 aromatic carbocycles. The van der Waals surface area contributed by atoms with Crippen molar-refractivity contribution in [3.8, 4) is 11.8 Å². The van der Waals surface area contributed by atoms with Crippen molar-refractivity contribution in [2.24, 2.45) is 5.41 Å². The Morgan fingerprint density at radius 3 is 2.26 bits per heavy atom. The summed E-state index contributed by atoms with van der Waals surface area (Å²) in [6, 6.07) is 6.60. The second-order valence-corrected chi connectivity index (χ2v) is 5.48. The first-order valence-corrected chi connectivity index (χ1v) is 6.04. The van der Waals surface area contributed by atoms with Gasteiger partial charge in [0.25, 0.3) is 0 Å². The Kier molecular flexibility index (Phi) is 4.70. The molecular formula is C15H14ClF3. The molecule has 102 valence electrons. The molecular weight excluding hydrogens is 273 g/mol. The summed E-state index contributed by atoms with van der Waals surface area (Å²) in [6.07, 6.45) is -3.64. The maximum absolute atomic E-state index is 12.4. The number of hydrogen-bond donors (Lipinski definition) is 0. The number of alkyl halides is 3. The third-order valence-electron chi connectivity index (χ3n) is 2.09. The Bertz CT molecular complexity index is 537. The van der Waals surface area contributed by atoms with Crippen molar-refractivity contribution in [2.45, 2.75) is 26.9 Å². The fourth-order valence-corrected chi connectivity index (χ4v) is 1.33. The average molecular weight is 287 g/mol. The second kappa shape index (κ2) is 5.71. The molecule has 19 heavy (non-hydrogen) atoms. The maximum atomic E-state index is 12.4. The van der Waals surface area contributed by atoms with Crippen LogP contribution in [0, 0.1) is 17.3 Å². The van der Waals surface area contributed by atoms with Crippen molar-refractivity contribution in [3.05, 3.63) is 40.4 Å². The van der Waals surface area contributed by atoms with Crippen LogP contribution in [-0.4, -0.2) is 6.18 Å². The lowest BCUT2D eigenvalue weighted by Crippen LogP contribution is -2.06. The minimum atomic E-state index is -4.54. The predicted molar refractivity (Wildman–Crippen MR) is 72.7 cm³/mol. The van der Waals surface area contributed by atoms with Crippen molar-refractivity contribution in [2.75, 3.05) is 0 Å². The molecule has 0 heterocycles. The Balaban J connectivity index is 3.20. The summed E-state index contributed by atoms with van der Waals surface area (Å²) in [5.74, 6) is 5.88. The molecule has 0 aromatic heterocycles. The normalized spacial score (nSPS) is 12.9. The topological polar surface area (TPSA) is 0 Å². The zero-order valence-electron chi connectivity index (χ0n) is 10.9. The van der Waals surface area contributed by atoms with Gasteiger partial charge < -0.3 is 0 Å². The number of hydrogen-bond acceptors (Lipinski definition) is 0. The first-order valence-electron chi connectivity index (χ1n) is 5.66. The van der Waals surface area contributed by atoms with Gasteiger partial charge in [0.1, 0.15) is 5.03 Å². The van der Waals surface area contributed by atoms with E-state index in [1.807, 2.05) is 20.8 Å². The summed E-state index contributed by atoms with van der Waals surface area (Å²) in [6.45, 7) is 5.80. The van der Waals surface area contributed by atoms with Crippen LogP contribution in [0.15, 0.2) is 29.3 Å². The highest BCUT2D eigenvalue weighted by Crippen LogP contribution is 2.30. The lowest BCUT2D eigenvalue weighted by Gasteiger charge is -2.08. The Labute approximate surface area is 116 Å². The van der Waals surface area contributed by atoms with Crippen molar-refractivity contribution in [3.63, 3.8) is 0 Å². The minimum absolute atomic E-state index is 0.218. The number of halogens is 4. The van der Waals surface area contributed by atoms with E-state index in [1.54, 1.807) is 24.3 Å². The highest BCUT2D eigenvalue weighted by atomic mass is 35.5. The van der Waals surface area contributed by atoms with Gasteiger partial charge in [0.05, 0.1) is 0 Å². The fourth-order valence-electron chi connectivity index (χ4n) is 1.21. The molecule has 0 saturated heterocycles. The molecule has 0 aliphatic heterocycles. The quantitative estimate of drug-likeness (QED) is 0.620. The van der Waals surface area contributed by atoms with Gasteiger partial charge in [-0.25, -0.2) is 0 Å². The molecule has 1 aromatic rings. The van der Waals surface area contributed by atoms with E-state index >= 15 is 0 Å². The Hall–Kier alpha value is -1.40. The highest BCUT2D eigenvalue weighted by molar-refractivity contribution is 6.32. The molecule has 0 aliphatic carbocycles. The maximum Gasteiger partial charge on any atom is 0.426 e. The van der Waals surface area contributed by atoms with E-state index in [0.717, 1.165) is 6.08 Å². The monoisotopic (exact) mass is 286 g/mol. The molecule has 0 saturated carbocycles. The first kappa shape index (κ1) is 15.7. The molecule has 0 spiro atoms. The summed E-state index contributed by atoms with van der Waals surface area (Å²) < 4.78 is 37.2. The third kappa shape index (κ3) is 5.40. The number of allylic oxidation sites excluding steroid dienone is 1. The van der Waals surface area contributed by atoms with Gasteiger partial charge in [0.15, 0.2) is 0 Å². The molecule has 0 atom stereocenters. The van der Waals surface area contributed by atoms with Gasteiger partial charge in [0.2, 0.25) is 0 Å². The number of benzene rings is 1. The smallest absolute Gasteiger partial charge is 0.165 e. The van der Waals surface area contributed by atoms with E-state index in [2.05, 4.69) is 11.8 Å². The highest BCUT2D eigenvalue weighted by Gasteiger charge is 2.32. The van der Waals surface area contributed by atoms with Crippen LogP contribution in [0.1, 0.15) is 31.9 Å². The van der Waals surface area contributed by atoms with Crippen LogP contribution in [0.4, 0.5) is 13.2 Å². The van der Waals surface area contributed by atoms with Crippen LogP contribution in [0.2, 0.25) is 0 Å². The molecule has 0 N–H and O–H groups in total. The van der Waals surface area contributed by atoms with Crippen LogP contribution >= 0.6 is 11.6 Å². The zero-order valence-corrected chi connectivity index (χ0v) is 11.7. The Morgan fingerprint density at radius 2 is 1.74 bits per heavy atom. The van der Waals surface area contributed by atoms with Gasteiger partial charge in [-0.1, -0.05) is 41.6 Å². The molecule has 0 aliphatic rings. The first-order chi connectivity index (χ1) is 8.59. The SMILES string of the molecule is CC(C)(C)C#Cc1ccccc1/C=C(\Cl)C(F)(F)F. The van der Waals surface area contributed by atoms with Crippen LogP contribution in [0.25, 0.3) is 6.08 Å². The zero-order chi connectivity index (χ0) is 14.7. The van der Waals surface area contributed by atoms with E-state index < -0.39 is 11.2 Å². The van der Waals surface area contributed by atoms with E-state index in [1.165, 1.54) is 0 Å². The van der Waals surface area contributed by atoms with Gasteiger partial charge in [-0.3, -0.25) is 0 Å².